The summed E-state index contributed by atoms with van der Waals surface area (Å²) in [5, 5.41) is 31.7. The quantitative estimate of drug-likeness (QED) is 0.281. The first-order chi connectivity index (χ1) is 17.0. The van der Waals surface area contributed by atoms with E-state index in [1.54, 1.807) is 63.2 Å². The van der Waals surface area contributed by atoms with Crippen LogP contribution in [0.5, 0.6) is 5.75 Å². The molecule has 0 aliphatic rings. The van der Waals surface area contributed by atoms with E-state index in [4.69, 9.17) is 0 Å². The second kappa shape index (κ2) is 9.30. The zero-order valence-corrected chi connectivity index (χ0v) is 20.8. The number of aliphatic carboxylic acids is 1. The van der Waals surface area contributed by atoms with Crippen molar-refractivity contribution >= 4 is 17.3 Å². The topological polar surface area (TPSA) is 120 Å². The summed E-state index contributed by atoms with van der Waals surface area (Å²) in [6.45, 7) is 9.01. The van der Waals surface area contributed by atoms with Crippen LogP contribution in [-0.2, 0) is 10.2 Å². The monoisotopic (exact) mass is 484 g/mol. The number of H-pyrrole nitrogens is 1. The first kappa shape index (κ1) is 24.7. The number of carboxylic acids is 1. The molecule has 0 saturated carbocycles. The minimum absolute atomic E-state index is 0.0887. The Morgan fingerprint density at radius 3 is 2.28 bits per heavy atom. The van der Waals surface area contributed by atoms with Crippen LogP contribution in [0.1, 0.15) is 36.2 Å². The van der Waals surface area contributed by atoms with E-state index >= 15 is 0 Å². The van der Waals surface area contributed by atoms with Gasteiger partial charge in [-0.15, -0.1) is 10.2 Å². The lowest BCUT2D eigenvalue weighted by molar-refractivity contribution is -0.142. The number of benzene rings is 3. The molecule has 3 N–H and O–H groups in total. The van der Waals surface area contributed by atoms with E-state index in [2.05, 4.69) is 15.3 Å². The van der Waals surface area contributed by atoms with Crippen molar-refractivity contribution < 1.29 is 15.0 Å². The molecular weight excluding hydrogens is 456 g/mol. The van der Waals surface area contributed by atoms with Gasteiger partial charge in [0, 0.05) is 5.56 Å². The van der Waals surface area contributed by atoms with Crippen LogP contribution in [0.4, 0.5) is 11.4 Å². The number of nitrogens with zero attached hydrogens (tertiary/aromatic N) is 3. The molecule has 36 heavy (non-hydrogen) atoms. The van der Waals surface area contributed by atoms with Crippen LogP contribution in [0.15, 0.2) is 75.7 Å². The lowest BCUT2D eigenvalue weighted by Gasteiger charge is -2.20. The molecule has 1 aromatic heterocycles. The predicted molar refractivity (Wildman–Crippen MR) is 139 cm³/mol. The minimum atomic E-state index is -1.03. The summed E-state index contributed by atoms with van der Waals surface area (Å²) in [5.74, 6) is -1.01. The average molecular weight is 485 g/mol. The molecule has 184 valence electrons. The Labute approximate surface area is 208 Å². The Bertz CT molecular complexity index is 1540. The Kier molecular flexibility index (Phi) is 6.37. The Morgan fingerprint density at radius 2 is 1.64 bits per heavy atom. The van der Waals surface area contributed by atoms with Gasteiger partial charge in [0.25, 0.3) is 5.56 Å². The van der Waals surface area contributed by atoms with Crippen LogP contribution in [0.3, 0.4) is 0 Å². The standard InChI is InChI=1S/C28H28N4O4/c1-16-9-14-21(15-17(16)2)32-26(34)24(18(3)31-32)30-29-23-8-6-7-22(25(23)33)19-10-12-20(13-11-19)28(4,5)27(35)36/h6-15,31,33H,1-5H3,(H,35,36). The summed E-state index contributed by atoms with van der Waals surface area (Å²) >= 11 is 0. The molecular formula is C28H28N4O4. The number of phenols is 1. The lowest BCUT2D eigenvalue weighted by Crippen LogP contribution is -2.28. The van der Waals surface area contributed by atoms with Gasteiger partial charge in [0.2, 0.25) is 0 Å². The summed E-state index contributed by atoms with van der Waals surface area (Å²) in [6, 6.07) is 17.8. The highest BCUT2D eigenvalue weighted by molar-refractivity contribution is 5.81. The van der Waals surface area contributed by atoms with E-state index in [1.165, 1.54) is 4.68 Å². The summed E-state index contributed by atoms with van der Waals surface area (Å²) < 4.78 is 1.42. The third kappa shape index (κ3) is 4.45. The van der Waals surface area contributed by atoms with Crippen molar-refractivity contribution in [1.82, 2.24) is 9.78 Å². The van der Waals surface area contributed by atoms with Gasteiger partial charge < -0.3 is 10.2 Å². The molecule has 8 heteroatoms. The molecule has 0 spiro atoms. The average Bonchev–Trinajstić information content (AvgIpc) is 3.13. The third-order valence-corrected chi connectivity index (χ3v) is 6.51. The molecule has 3 aromatic carbocycles. The molecule has 0 amide bonds. The van der Waals surface area contributed by atoms with Gasteiger partial charge in [-0.2, -0.15) is 0 Å². The Morgan fingerprint density at radius 1 is 0.944 bits per heavy atom. The van der Waals surface area contributed by atoms with E-state index in [1.807, 2.05) is 32.0 Å². The van der Waals surface area contributed by atoms with E-state index in [0.717, 1.165) is 11.1 Å². The number of aromatic hydroxyl groups is 1. The van der Waals surface area contributed by atoms with Crippen LogP contribution in [-0.4, -0.2) is 26.0 Å². The molecule has 0 unspecified atom stereocenters. The van der Waals surface area contributed by atoms with Crippen molar-refractivity contribution in [2.75, 3.05) is 0 Å². The number of carboxylic acid groups (broad SMARTS) is 1. The zero-order valence-electron chi connectivity index (χ0n) is 20.8. The summed E-state index contributed by atoms with van der Waals surface area (Å²) in [7, 11) is 0. The van der Waals surface area contributed by atoms with Gasteiger partial charge in [0.1, 0.15) is 5.69 Å². The molecule has 4 rings (SSSR count). The van der Waals surface area contributed by atoms with E-state index < -0.39 is 11.4 Å². The van der Waals surface area contributed by atoms with Crippen molar-refractivity contribution in [1.29, 1.82) is 0 Å². The fourth-order valence-electron chi connectivity index (χ4n) is 3.84. The fourth-order valence-corrected chi connectivity index (χ4v) is 3.84. The Hall–Kier alpha value is -4.46. The number of aryl methyl sites for hydroxylation is 3. The van der Waals surface area contributed by atoms with Crippen LogP contribution >= 0.6 is 0 Å². The zero-order chi connectivity index (χ0) is 26.2. The minimum Gasteiger partial charge on any atom is -0.505 e. The summed E-state index contributed by atoms with van der Waals surface area (Å²) in [6.07, 6.45) is 0. The van der Waals surface area contributed by atoms with Gasteiger partial charge >= 0.3 is 5.97 Å². The molecule has 0 aliphatic carbocycles. The molecule has 4 aromatic rings. The Balaban J connectivity index is 1.66. The molecule has 1 heterocycles. The maximum absolute atomic E-state index is 13.0. The number of phenolic OH excluding ortho intramolecular Hbond substituents is 1. The summed E-state index contributed by atoms with van der Waals surface area (Å²) in [4.78, 5) is 24.5. The van der Waals surface area contributed by atoms with Crippen molar-refractivity contribution in [3.63, 3.8) is 0 Å². The van der Waals surface area contributed by atoms with Crippen LogP contribution in [0.25, 0.3) is 16.8 Å². The smallest absolute Gasteiger partial charge is 0.313 e. The van der Waals surface area contributed by atoms with Crippen molar-refractivity contribution in [3.8, 4) is 22.6 Å². The highest BCUT2D eigenvalue weighted by Gasteiger charge is 2.29. The van der Waals surface area contributed by atoms with Crippen LogP contribution in [0, 0.1) is 20.8 Å². The number of para-hydroxylation sites is 1. The third-order valence-electron chi connectivity index (χ3n) is 6.51. The van der Waals surface area contributed by atoms with Crippen molar-refractivity contribution in [2.24, 2.45) is 10.2 Å². The van der Waals surface area contributed by atoms with Gasteiger partial charge in [-0.05, 0) is 75.1 Å². The molecule has 0 radical (unpaired) electrons. The van der Waals surface area contributed by atoms with Gasteiger partial charge in [0.05, 0.1) is 16.8 Å². The van der Waals surface area contributed by atoms with Crippen LogP contribution < -0.4 is 5.56 Å². The number of hydrogen-bond donors (Lipinski definition) is 3. The van der Waals surface area contributed by atoms with Gasteiger partial charge in [-0.1, -0.05) is 42.5 Å². The first-order valence-electron chi connectivity index (χ1n) is 11.5. The number of carbonyl (C=O) groups is 1. The molecule has 8 nitrogen and oxygen atoms in total. The second-order valence-electron chi connectivity index (χ2n) is 9.38. The van der Waals surface area contributed by atoms with E-state index in [-0.39, 0.29) is 22.7 Å². The number of azo groups is 1. The van der Waals surface area contributed by atoms with Gasteiger partial charge in [-0.3, -0.25) is 14.7 Å². The number of hydrogen-bond acceptors (Lipinski definition) is 5. The molecule has 0 saturated heterocycles. The maximum Gasteiger partial charge on any atom is 0.313 e. The van der Waals surface area contributed by atoms with E-state index in [0.29, 0.717) is 28.1 Å². The number of rotatable bonds is 6. The largest absolute Gasteiger partial charge is 0.505 e. The SMILES string of the molecule is Cc1ccc(-n2[nH]c(C)c(N=Nc3cccc(-c4ccc(C(C)(C)C(=O)O)cc4)c3O)c2=O)cc1C. The maximum atomic E-state index is 13.0. The molecule has 0 fully saturated rings. The second-order valence-corrected chi connectivity index (χ2v) is 9.38. The van der Waals surface area contributed by atoms with E-state index in [9.17, 15) is 19.8 Å². The molecule has 0 atom stereocenters. The van der Waals surface area contributed by atoms with Crippen molar-refractivity contribution in [2.45, 2.75) is 40.0 Å². The van der Waals surface area contributed by atoms with Crippen LogP contribution in [0.2, 0.25) is 0 Å². The molecule has 0 bridgehead atoms. The van der Waals surface area contributed by atoms with Gasteiger partial charge in [0.15, 0.2) is 11.4 Å². The predicted octanol–water partition coefficient (Wildman–Crippen LogP) is 6.24. The lowest BCUT2D eigenvalue weighted by atomic mass is 9.84. The van der Waals surface area contributed by atoms with Gasteiger partial charge in [-0.25, -0.2) is 4.68 Å². The fraction of sp³-hybridized carbons (Fsp3) is 0.214. The first-order valence-corrected chi connectivity index (χ1v) is 11.5. The molecule has 0 aliphatic heterocycles. The highest BCUT2D eigenvalue weighted by atomic mass is 16.4. The normalized spacial score (nSPS) is 11.8. The highest BCUT2D eigenvalue weighted by Crippen LogP contribution is 2.38. The number of nitrogens with one attached hydrogen (secondary N) is 1. The number of aromatic amines is 1. The number of aromatic nitrogens is 2. The van der Waals surface area contributed by atoms with Crippen molar-refractivity contribution in [3.05, 3.63) is 93.4 Å². The summed E-state index contributed by atoms with van der Waals surface area (Å²) in [5.41, 5.74) is 4.30.